The second kappa shape index (κ2) is 5.93. The van der Waals surface area contributed by atoms with Crippen LogP contribution < -0.4 is 16.4 Å². The van der Waals surface area contributed by atoms with Crippen LogP contribution in [0, 0.1) is 0 Å². The minimum Gasteiger partial charge on any atom is -0.444 e. The quantitative estimate of drug-likeness (QED) is 0.507. The number of hydrogen-bond acceptors (Lipinski definition) is 3. The van der Waals surface area contributed by atoms with Crippen molar-refractivity contribution in [2.75, 3.05) is 7.05 Å². The molecule has 4 N–H and O–H groups in total. The molecular weight excluding hydrogens is 232 g/mol. The number of hydrogen-bond donors (Lipinski definition) is 3. The SMILES string of the molecule is CN=C(N)N[C@H]1CCC[C@@H]1NC(=O)OC(C)(C)C. The number of alkyl carbamates (subject to hydrolysis) is 1. The molecule has 1 rings (SSSR count). The van der Waals surface area contributed by atoms with Gasteiger partial charge in [-0.2, -0.15) is 0 Å². The Balaban J connectivity index is 2.47. The molecule has 0 saturated heterocycles. The zero-order chi connectivity index (χ0) is 13.8. The molecule has 1 saturated carbocycles. The van der Waals surface area contributed by atoms with Crippen LogP contribution in [0.15, 0.2) is 4.99 Å². The van der Waals surface area contributed by atoms with Gasteiger partial charge in [-0.05, 0) is 40.0 Å². The van der Waals surface area contributed by atoms with Crippen molar-refractivity contribution in [1.29, 1.82) is 0 Å². The van der Waals surface area contributed by atoms with E-state index in [4.69, 9.17) is 10.5 Å². The lowest BCUT2D eigenvalue weighted by Gasteiger charge is -2.25. The first-order valence-corrected chi connectivity index (χ1v) is 6.30. The van der Waals surface area contributed by atoms with E-state index in [0.29, 0.717) is 5.96 Å². The summed E-state index contributed by atoms with van der Waals surface area (Å²) in [6.07, 6.45) is 2.56. The number of guanidine groups is 1. The Morgan fingerprint density at radius 2 is 1.83 bits per heavy atom. The third-order valence-electron chi connectivity index (χ3n) is 2.79. The summed E-state index contributed by atoms with van der Waals surface area (Å²) in [6, 6.07) is 0.168. The molecule has 0 aliphatic heterocycles. The monoisotopic (exact) mass is 256 g/mol. The number of nitrogens with one attached hydrogen (secondary N) is 2. The van der Waals surface area contributed by atoms with Gasteiger partial charge in [0.15, 0.2) is 5.96 Å². The maximum Gasteiger partial charge on any atom is 0.407 e. The molecule has 0 aromatic heterocycles. The van der Waals surface area contributed by atoms with E-state index in [2.05, 4.69) is 15.6 Å². The van der Waals surface area contributed by atoms with Crippen molar-refractivity contribution >= 4 is 12.1 Å². The Labute approximate surface area is 108 Å². The minimum atomic E-state index is -0.477. The van der Waals surface area contributed by atoms with Crippen molar-refractivity contribution in [2.45, 2.75) is 57.7 Å². The number of ether oxygens (including phenoxy) is 1. The van der Waals surface area contributed by atoms with Gasteiger partial charge in [0.25, 0.3) is 0 Å². The molecular formula is C12H24N4O2. The molecule has 104 valence electrons. The van der Waals surface area contributed by atoms with Crippen LogP contribution in [0.4, 0.5) is 4.79 Å². The Morgan fingerprint density at radius 1 is 1.28 bits per heavy atom. The molecule has 0 unspecified atom stereocenters. The highest BCUT2D eigenvalue weighted by atomic mass is 16.6. The van der Waals surface area contributed by atoms with E-state index < -0.39 is 5.60 Å². The van der Waals surface area contributed by atoms with Crippen LogP contribution in [-0.2, 0) is 4.74 Å². The highest BCUT2D eigenvalue weighted by Gasteiger charge is 2.30. The standard InChI is InChI=1S/C12H24N4O2/c1-12(2,3)18-11(17)16-9-7-5-6-8(9)15-10(13)14-4/h8-9H,5-7H2,1-4H3,(H,16,17)(H3,13,14,15)/t8-,9-/m0/s1. The van der Waals surface area contributed by atoms with Crippen molar-refractivity contribution in [1.82, 2.24) is 10.6 Å². The van der Waals surface area contributed by atoms with Gasteiger partial charge in [0.2, 0.25) is 0 Å². The maximum atomic E-state index is 11.7. The van der Waals surface area contributed by atoms with Crippen molar-refractivity contribution in [3.63, 3.8) is 0 Å². The van der Waals surface area contributed by atoms with Crippen molar-refractivity contribution in [3.05, 3.63) is 0 Å². The number of rotatable bonds is 2. The zero-order valence-electron chi connectivity index (χ0n) is 11.6. The number of carbonyl (C=O) groups excluding carboxylic acids is 1. The Bertz CT molecular complexity index is 323. The third kappa shape index (κ3) is 4.81. The van der Waals surface area contributed by atoms with E-state index >= 15 is 0 Å². The van der Waals surface area contributed by atoms with Crippen LogP contribution in [0.3, 0.4) is 0 Å². The van der Waals surface area contributed by atoms with Gasteiger partial charge in [-0.1, -0.05) is 0 Å². The van der Waals surface area contributed by atoms with Crippen molar-refractivity contribution in [2.24, 2.45) is 10.7 Å². The molecule has 0 heterocycles. The first kappa shape index (κ1) is 14.6. The molecule has 1 fully saturated rings. The van der Waals surface area contributed by atoms with E-state index in [1.165, 1.54) is 0 Å². The van der Waals surface area contributed by atoms with Crippen LogP contribution >= 0.6 is 0 Å². The lowest BCUT2D eigenvalue weighted by Crippen LogP contribution is -2.51. The number of nitrogens with zero attached hydrogens (tertiary/aromatic N) is 1. The van der Waals surface area contributed by atoms with Crippen LogP contribution in [-0.4, -0.2) is 36.8 Å². The molecule has 2 atom stereocenters. The number of amides is 1. The summed E-state index contributed by atoms with van der Waals surface area (Å²) >= 11 is 0. The number of carbonyl (C=O) groups is 1. The van der Waals surface area contributed by atoms with Crippen LogP contribution in [0.2, 0.25) is 0 Å². The van der Waals surface area contributed by atoms with Crippen molar-refractivity contribution in [3.8, 4) is 0 Å². The van der Waals surface area contributed by atoms with Gasteiger partial charge < -0.3 is 21.1 Å². The second-order valence-corrected chi connectivity index (χ2v) is 5.54. The number of aliphatic imine (C=N–C) groups is 1. The summed E-state index contributed by atoms with van der Waals surface area (Å²) in [6.45, 7) is 5.54. The second-order valence-electron chi connectivity index (χ2n) is 5.54. The molecule has 6 nitrogen and oxygen atoms in total. The Morgan fingerprint density at radius 3 is 2.33 bits per heavy atom. The molecule has 18 heavy (non-hydrogen) atoms. The topological polar surface area (TPSA) is 88.7 Å². The summed E-state index contributed by atoms with van der Waals surface area (Å²) in [5.41, 5.74) is 5.17. The van der Waals surface area contributed by atoms with E-state index in [1.807, 2.05) is 20.8 Å². The van der Waals surface area contributed by atoms with Gasteiger partial charge in [0.05, 0.1) is 6.04 Å². The first-order chi connectivity index (χ1) is 8.31. The van der Waals surface area contributed by atoms with Crippen LogP contribution in [0.5, 0.6) is 0 Å². The predicted molar refractivity (Wildman–Crippen MR) is 71.5 cm³/mol. The van der Waals surface area contributed by atoms with E-state index in [1.54, 1.807) is 7.05 Å². The fraction of sp³-hybridized carbons (Fsp3) is 0.833. The summed E-state index contributed by atoms with van der Waals surface area (Å²) in [7, 11) is 1.63. The first-order valence-electron chi connectivity index (χ1n) is 6.30. The van der Waals surface area contributed by atoms with Crippen molar-refractivity contribution < 1.29 is 9.53 Å². The average Bonchev–Trinajstić information content (AvgIpc) is 2.62. The van der Waals surface area contributed by atoms with Gasteiger partial charge in [-0.3, -0.25) is 4.99 Å². The third-order valence-corrected chi connectivity index (χ3v) is 2.79. The largest absolute Gasteiger partial charge is 0.444 e. The Kier molecular flexibility index (Phi) is 4.81. The highest BCUT2D eigenvalue weighted by molar-refractivity contribution is 5.78. The summed E-state index contributed by atoms with van der Waals surface area (Å²) in [5.74, 6) is 0.401. The smallest absolute Gasteiger partial charge is 0.407 e. The lowest BCUT2D eigenvalue weighted by molar-refractivity contribution is 0.0499. The summed E-state index contributed by atoms with van der Waals surface area (Å²) < 4.78 is 5.24. The van der Waals surface area contributed by atoms with Gasteiger partial charge >= 0.3 is 6.09 Å². The summed E-state index contributed by atoms with van der Waals surface area (Å²) in [4.78, 5) is 15.6. The molecule has 1 aliphatic carbocycles. The molecule has 0 aromatic carbocycles. The maximum absolute atomic E-state index is 11.7. The van der Waals surface area contributed by atoms with Gasteiger partial charge in [0, 0.05) is 13.1 Å². The van der Waals surface area contributed by atoms with E-state index in [9.17, 15) is 4.79 Å². The molecule has 1 amide bonds. The summed E-state index contributed by atoms with van der Waals surface area (Å²) in [5, 5.41) is 5.99. The van der Waals surface area contributed by atoms with Gasteiger partial charge in [-0.25, -0.2) is 4.79 Å². The lowest BCUT2D eigenvalue weighted by atomic mass is 10.2. The fourth-order valence-electron chi connectivity index (χ4n) is 2.02. The van der Waals surface area contributed by atoms with Gasteiger partial charge in [-0.15, -0.1) is 0 Å². The normalized spacial score (nSPS) is 24.8. The van der Waals surface area contributed by atoms with Gasteiger partial charge in [0.1, 0.15) is 5.60 Å². The molecule has 6 heteroatoms. The molecule has 0 bridgehead atoms. The number of nitrogens with two attached hydrogens (primary N) is 1. The molecule has 0 radical (unpaired) electrons. The van der Waals surface area contributed by atoms with E-state index in [-0.39, 0.29) is 18.2 Å². The molecule has 0 spiro atoms. The average molecular weight is 256 g/mol. The van der Waals surface area contributed by atoms with E-state index in [0.717, 1.165) is 19.3 Å². The van der Waals surface area contributed by atoms with Crippen LogP contribution in [0.1, 0.15) is 40.0 Å². The highest BCUT2D eigenvalue weighted by Crippen LogP contribution is 2.19. The zero-order valence-corrected chi connectivity index (χ0v) is 11.6. The van der Waals surface area contributed by atoms with Crippen LogP contribution in [0.25, 0.3) is 0 Å². The Hall–Kier alpha value is -1.46. The fourth-order valence-corrected chi connectivity index (χ4v) is 2.02. The molecule has 1 aliphatic rings. The predicted octanol–water partition coefficient (Wildman–Crippen LogP) is 0.966. The molecule has 0 aromatic rings. The minimum absolute atomic E-state index is 0.0418.